The molecule has 0 N–H and O–H groups in total. The highest BCUT2D eigenvalue weighted by atomic mass is 32.1. The average Bonchev–Trinajstić information content (AvgIpc) is 3.41. The second-order valence-corrected chi connectivity index (χ2v) is 9.00. The Kier molecular flexibility index (Phi) is 4.77. The molecular weight excluding hydrogens is 400 g/mol. The van der Waals surface area contributed by atoms with Crippen molar-refractivity contribution in [2.45, 2.75) is 6.92 Å². The van der Waals surface area contributed by atoms with Crippen LogP contribution in [0.4, 0.5) is 5.13 Å². The van der Waals surface area contributed by atoms with Gasteiger partial charge < -0.3 is 9.80 Å². The van der Waals surface area contributed by atoms with Gasteiger partial charge in [0.1, 0.15) is 10.3 Å². The predicted octanol–water partition coefficient (Wildman–Crippen LogP) is 4.69. The van der Waals surface area contributed by atoms with E-state index in [1.54, 1.807) is 17.5 Å². The summed E-state index contributed by atoms with van der Waals surface area (Å²) in [5.41, 5.74) is 4.28. The van der Waals surface area contributed by atoms with Crippen molar-refractivity contribution in [2.24, 2.45) is 0 Å². The Bertz CT molecular complexity index is 1120. The number of anilines is 1. The molecule has 1 fully saturated rings. The van der Waals surface area contributed by atoms with E-state index < -0.39 is 0 Å². The minimum Gasteiger partial charge on any atom is -0.344 e. The summed E-state index contributed by atoms with van der Waals surface area (Å²) in [4.78, 5) is 28.3. The third-order valence-corrected chi connectivity index (χ3v) is 7.16. The van der Waals surface area contributed by atoms with Crippen molar-refractivity contribution in [1.29, 1.82) is 0 Å². The van der Waals surface area contributed by atoms with Crippen LogP contribution < -0.4 is 4.90 Å². The summed E-state index contributed by atoms with van der Waals surface area (Å²) >= 11 is 3.14. The lowest BCUT2D eigenvalue weighted by atomic mass is 10.0. The molecule has 29 heavy (non-hydrogen) atoms. The van der Waals surface area contributed by atoms with Crippen LogP contribution in [0.25, 0.3) is 21.5 Å². The lowest BCUT2D eigenvalue weighted by Gasteiger charge is -2.34. The number of aryl methyl sites for hydroxylation is 1. The van der Waals surface area contributed by atoms with Gasteiger partial charge in [-0.2, -0.15) is 0 Å². The molecule has 5 nitrogen and oxygen atoms in total. The molecule has 4 aromatic rings. The highest BCUT2D eigenvalue weighted by molar-refractivity contribution is 7.21. The first-order chi connectivity index (χ1) is 14.2. The van der Waals surface area contributed by atoms with Crippen LogP contribution in [0.2, 0.25) is 0 Å². The highest BCUT2D eigenvalue weighted by Crippen LogP contribution is 2.31. The largest absolute Gasteiger partial charge is 0.344 e. The lowest BCUT2D eigenvalue weighted by molar-refractivity contribution is 0.0752. The van der Waals surface area contributed by atoms with Crippen LogP contribution >= 0.6 is 22.7 Å². The molecule has 0 bridgehead atoms. The van der Waals surface area contributed by atoms with Gasteiger partial charge in [-0.1, -0.05) is 41.2 Å². The number of piperazine rings is 1. The molecule has 4 heterocycles. The fourth-order valence-electron chi connectivity index (χ4n) is 3.57. The number of carbonyl (C=O) groups excluding carboxylic acids is 1. The minimum absolute atomic E-state index is 0.126. The second kappa shape index (κ2) is 7.57. The summed E-state index contributed by atoms with van der Waals surface area (Å²) in [7, 11) is 0. The van der Waals surface area contributed by atoms with Crippen LogP contribution in [-0.2, 0) is 0 Å². The van der Waals surface area contributed by atoms with Crippen LogP contribution in [0.15, 0.2) is 54.0 Å². The van der Waals surface area contributed by atoms with Gasteiger partial charge in [0.25, 0.3) is 5.91 Å². The number of rotatable bonds is 3. The van der Waals surface area contributed by atoms with Crippen LogP contribution in [0, 0.1) is 6.92 Å². The van der Waals surface area contributed by atoms with Crippen LogP contribution in [0.3, 0.4) is 0 Å². The molecular formula is C22H20N4OS2. The Hall–Kier alpha value is -2.77. The number of thiophene rings is 1. The van der Waals surface area contributed by atoms with Crippen LogP contribution in [0.5, 0.6) is 0 Å². The molecule has 1 aliphatic heterocycles. The number of pyridine rings is 1. The number of hydrogen-bond acceptors (Lipinski definition) is 6. The summed E-state index contributed by atoms with van der Waals surface area (Å²) in [6, 6.07) is 14.3. The van der Waals surface area contributed by atoms with E-state index in [4.69, 9.17) is 4.98 Å². The normalized spacial score (nSPS) is 14.5. The molecule has 3 aromatic heterocycles. The number of nitrogens with zero attached hydrogens (tertiary/aromatic N) is 4. The lowest BCUT2D eigenvalue weighted by Crippen LogP contribution is -2.48. The van der Waals surface area contributed by atoms with Crippen molar-refractivity contribution in [3.05, 3.63) is 64.5 Å². The van der Waals surface area contributed by atoms with E-state index in [9.17, 15) is 4.79 Å². The van der Waals surface area contributed by atoms with E-state index in [1.165, 1.54) is 16.9 Å². The standard InChI is InChI=1S/C22H20N4OS2/c1-15-4-6-16(7-5-15)17-8-14-28-19(17)21(27)25-10-12-26(13-11-25)22-24-18-3-2-9-23-20(18)29-22/h2-9,14H,10-13H2,1H3. The van der Waals surface area contributed by atoms with Crippen molar-refractivity contribution < 1.29 is 4.79 Å². The first-order valence-corrected chi connectivity index (χ1v) is 11.3. The van der Waals surface area contributed by atoms with Gasteiger partial charge in [-0.15, -0.1) is 11.3 Å². The molecule has 5 rings (SSSR count). The number of carbonyl (C=O) groups is 1. The summed E-state index contributed by atoms with van der Waals surface area (Å²) < 4.78 is 0. The number of amides is 1. The van der Waals surface area contributed by atoms with E-state index in [0.29, 0.717) is 13.1 Å². The summed E-state index contributed by atoms with van der Waals surface area (Å²) in [6.07, 6.45) is 1.80. The Morgan fingerprint density at radius 1 is 1.03 bits per heavy atom. The maximum Gasteiger partial charge on any atom is 0.264 e. The SMILES string of the molecule is Cc1ccc(-c2ccsc2C(=O)N2CCN(c3nc4cccnc4s3)CC2)cc1. The third-order valence-electron chi connectivity index (χ3n) is 5.21. The molecule has 0 aliphatic carbocycles. The molecule has 0 spiro atoms. The van der Waals surface area contributed by atoms with Gasteiger partial charge in [-0.3, -0.25) is 4.79 Å². The number of thiazole rings is 1. The monoisotopic (exact) mass is 420 g/mol. The highest BCUT2D eigenvalue weighted by Gasteiger charge is 2.26. The number of hydrogen-bond donors (Lipinski definition) is 0. The average molecular weight is 421 g/mol. The zero-order chi connectivity index (χ0) is 19.8. The molecule has 7 heteroatoms. The van der Waals surface area contributed by atoms with Gasteiger partial charge >= 0.3 is 0 Å². The fourth-order valence-corrected chi connectivity index (χ4v) is 5.42. The predicted molar refractivity (Wildman–Crippen MR) is 120 cm³/mol. The van der Waals surface area contributed by atoms with E-state index in [0.717, 1.165) is 44.6 Å². The van der Waals surface area contributed by atoms with E-state index in [2.05, 4.69) is 41.1 Å². The molecule has 1 saturated heterocycles. The zero-order valence-electron chi connectivity index (χ0n) is 16.0. The van der Waals surface area contributed by atoms with Gasteiger partial charge in [0, 0.05) is 37.9 Å². The third kappa shape index (κ3) is 3.52. The summed E-state index contributed by atoms with van der Waals surface area (Å²) in [6.45, 7) is 5.05. The fraction of sp³-hybridized carbons (Fsp3) is 0.227. The maximum atomic E-state index is 13.2. The zero-order valence-corrected chi connectivity index (χ0v) is 17.7. The smallest absolute Gasteiger partial charge is 0.264 e. The molecule has 0 unspecified atom stereocenters. The first-order valence-electron chi connectivity index (χ1n) is 9.59. The number of fused-ring (bicyclic) bond motifs is 1. The van der Waals surface area contributed by atoms with Crippen molar-refractivity contribution >= 4 is 44.1 Å². The van der Waals surface area contributed by atoms with Gasteiger partial charge in [-0.25, -0.2) is 9.97 Å². The van der Waals surface area contributed by atoms with Crippen molar-refractivity contribution in [2.75, 3.05) is 31.1 Å². The molecule has 0 atom stereocenters. The minimum atomic E-state index is 0.126. The molecule has 146 valence electrons. The maximum absolute atomic E-state index is 13.2. The second-order valence-electron chi connectivity index (χ2n) is 7.13. The molecule has 0 radical (unpaired) electrons. The van der Waals surface area contributed by atoms with Crippen molar-refractivity contribution in [3.8, 4) is 11.1 Å². The van der Waals surface area contributed by atoms with E-state index in [-0.39, 0.29) is 5.91 Å². The number of benzene rings is 1. The van der Waals surface area contributed by atoms with Crippen molar-refractivity contribution in [3.63, 3.8) is 0 Å². The van der Waals surface area contributed by atoms with Crippen LogP contribution in [-0.4, -0.2) is 47.0 Å². The first kappa shape index (κ1) is 18.3. The van der Waals surface area contributed by atoms with Gasteiger partial charge in [0.05, 0.1) is 4.88 Å². The Labute approximate surface area is 177 Å². The quantitative estimate of drug-likeness (QED) is 0.482. The van der Waals surface area contributed by atoms with Gasteiger partial charge in [-0.05, 0) is 36.1 Å². The number of aromatic nitrogens is 2. The molecule has 0 saturated carbocycles. The molecule has 1 aromatic carbocycles. The van der Waals surface area contributed by atoms with E-state index in [1.807, 2.05) is 28.5 Å². The summed E-state index contributed by atoms with van der Waals surface area (Å²) in [5.74, 6) is 0.126. The van der Waals surface area contributed by atoms with E-state index >= 15 is 0 Å². The van der Waals surface area contributed by atoms with Crippen molar-refractivity contribution in [1.82, 2.24) is 14.9 Å². The van der Waals surface area contributed by atoms with Gasteiger partial charge in [0.15, 0.2) is 5.13 Å². The Morgan fingerprint density at radius 3 is 2.59 bits per heavy atom. The van der Waals surface area contributed by atoms with Gasteiger partial charge in [0.2, 0.25) is 0 Å². The summed E-state index contributed by atoms with van der Waals surface area (Å²) in [5, 5.41) is 2.99. The van der Waals surface area contributed by atoms with Crippen LogP contribution in [0.1, 0.15) is 15.2 Å². The Balaban J connectivity index is 1.30. The molecule has 1 amide bonds. The Morgan fingerprint density at radius 2 is 1.83 bits per heavy atom. The molecule has 1 aliphatic rings. The topological polar surface area (TPSA) is 49.3 Å².